The molecule has 0 fully saturated rings. The van der Waals surface area contributed by atoms with Gasteiger partial charge >= 0.3 is 0 Å². The van der Waals surface area contributed by atoms with E-state index in [1.807, 2.05) is 39.0 Å². The second-order valence-corrected chi connectivity index (χ2v) is 4.87. The number of hydrogen-bond donors (Lipinski definition) is 0. The molecule has 1 unspecified atom stereocenters. The minimum Gasteiger partial charge on any atom is -0.493 e. The Labute approximate surface area is 104 Å². The van der Waals surface area contributed by atoms with Gasteiger partial charge < -0.3 is 9.47 Å². The second kappa shape index (κ2) is 7.29. The minimum atomic E-state index is 0.111. The van der Waals surface area contributed by atoms with E-state index in [4.69, 9.17) is 9.47 Å². The van der Waals surface area contributed by atoms with E-state index in [1.54, 1.807) is 0 Å². The van der Waals surface area contributed by atoms with Crippen molar-refractivity contribution in [2.45, 2.75) is 20.8 Å². The quantitative estimate of drug-likeness (QED) is 0.700. The summed E-state index contributed by atoms with van der Waals surface area (Å²) >= 11 is 0. The molecule has 0 heterocycles. The van der Waals surface area contributed by atoms with Crippen LogP contribution in [-0.4, -0.2) is 24.9 Å². The van der Waals surface area contributed by atoms with Crippen molar-refractivity contribution >= 4 is 14.1 Å². The normalized spacial score (nSPS) is 10.8. The maximum atomic E-state index is 12.1. The van der Waals surface area contributed by atoms with Crippen LogP contribution < -0.4 is 9.47 Å². The fourth-order valence-electron chi connectivity index (χ4n) is 1.54. The van der Waals surface area contributed by atoms with Gasteiger partial charge in [-0.05, 0) is 40.7 Å². The standard InChI is InChI=1S/C13H19O3P/c1-4-15-10-8-7-9-11(16-5-2)12(10)13(14)17-6-3/h7-9,17H,4-6H2,1-3H3. The molecule has 0 N–H and O–H groups in total. The highest BCUT2D eigenvalue weighted by Crippen LogP contribution is 2.34. The largest absolute Gasteiger partial charge is 0.493 e. The van der Waals surface area contributed by atoms with Crippen molar-refractivity contribution in [3.8, 4) is 11.5 Å². The molecule has 1 rings (SSSR count). The van der Waals surface area contributed by atoms with Crippen LogP contribution in [0, 0.1) is 0 Å². The maximum Gasteiger partial charge on any atom is 0.188 e. The van der Waals surface area contributed by atoms with Crippen molar-refractivity contribution in [2.24, 2.45) is 0 Å². The van der Waals surface area contributed by atoms with Gasteiger partial charge in [0.1, 0.15) is 17.1 Å². The minimum absolute atomic E-state index is 0.111. The molecule has 94 valence electrons. The SMILES string of the molecule is CCOc1cccc(OCC)c1C(=O)PCC. The van der Waals surface area contributed by atoms with Crippen molar-refractivity contribution in [1.82, 2.24) is 0 Å². The number of benzene rings is 1. The molecule has 0 aliphatic carbocycles. The van der Waals surface area contributed by atoms with Crippen LogP contribution >= 0.6 is 8.58 Å². The molecule has 1 atom stereocenters. The molecule has 0 saturated heterocycles. The predicted molar refractivity (Wildman–Crippen MR) is 72.0 cm³/mol. The Bertz CT molecular complexity index is 353. The van der Waals surface area contributed by atoms with E-state index < -0.39 is 0 Å². The van der Waals surface area contributed by atoms with E-state index in [1.165, 1.54) is 0 Å². The molecule has 0 aliphatic heterocycles. The summed E-state index contributed by atoms with van der Waals surface area (Å²) in [5.74, 6) is 1.26. The van der Waals surface area contributed by atoms with Gasteiger partial charge in [0.2, 0.25) is 0 Å². The Morgan fingerprint density at radius 2 is 1.65 bits per heavy atom. The van der Waals surface area contributed by atoms with Crippen molar-refractivity contribution in [3.05, 3.63) is 23.8 Å². The third-order valence-electron chi connectivity index (χ3n) is 2.15. The van der Waals surface area contributed by atoms with Crippen LogP contribution in [0.25, 0.3) is 0 Å². The average molecular weight is 254 g/mol. The maximum absolute atomic E-state index is 12.1. The highest BCUT2D eigenvalue weighted by atomic mass is 31.1. The number of hydrogen-bond acceptors (Lipinski definition) is 3. The van der Waals surface area contributed by atoms with Crippen LogP contribution in [-0.2, 0) is 0 Å². The molecule has 17 heavy (non-hydrogen) atoms. The van der Waals surface area contributed by atoms with Gasteiger partial charge in [-0.1, -0.05) is 13.0 Å². The van der Waals surface area contributed by atoms with Crippen LogP contribution in [0.15, 0.2) is 18.2 Å². The predicted octanol–water partition coefficient (Wildman–Crippen LogP) is 3.32. The van der Waals surface area contributed by atoms with Gasteiger partial charge in [0, 0.05) is 0 Å². The zero-order valence-electron chi connectivity index (χ0n) is 10.6. The fraction of sp³-hybridized carbons (Fsp3) is 0.462. The van der Waals surface area contributed by atoms with Gasteiger partial charge in [0.05, 0.1) is 13.2 Å². The number of rotatable bonds is 7. The molecule has 0 saturated carbocycles. The lowest BCUT2D eigenvalue weighted by atomic mass is 10.2. The van der Waals surface area contributed by atoms with Crippen LogP contribution in [0.1, 0.15) is 31.1 Å². The molecule has 1 aromatic carbocycles. The lowest BCUT2D eigenvalue weighted by molar-refractivity contribution is 0.107. The molecule has 0 aliphatic rings. The van der Waals surface area contributed by atoms with Gasteiger partial charge in [0.15, 0.2) is 5.52 Å². The van der Waals surface area contributed by atoms with Gasteiger partial charge in [-0.2, -0.15) is 0 Å². The molecule has 3 nitrogen and oxygen atoms in total. The number of ether oxygens (including phenoxy) is 2. The Balaban J connectivity index is 3.12. The first kappa shape index (κ1) is 14.0. The van der Waals surface area contributed by atoms with Crippen LogP contribution in [0.2, 0.25) is 0 Å². The van der Waals surface area contributed by atoms with Crippen molar-refractivity contribution in [3.63, 3.8) is 0 Å². The summed E-state index contributed by atoms with van der Waals surface area (Å²) in [4.78, 5) is 12.1. The van der Waals surface area contributed by atoms with Crippen molar-refractivity contribution in [1.29, 1.82) is 0 Å². The summed E-state index contributed by atoms with van der Waals surface area (Å²) < 4.78 is 11.0. The molecule has 0 bridgehead atoms. The van der Waals surface area contributed by atoms with E-state index in [0.29, 0.717) is 30.3 Å². The monoisotopic (exact) mass is 254 g/mol. The fourth-order valence-corrected chi connectivity index (χ4v) is 2.28. The van der Waals surface area contributed by atoms with Gasteiger partial charge in [-0.3, -0.25) is 4.79 Å². The zero-order valence-corrected chi connectivity index (χ0v) is 11.6. The third kappa shape index (κ3) is 3.71. The molecule has 4 heteroatoms. The van der Waals surface area contributed by atoms with Gasteiger partial charge in [0.25, 0.3) is 0 Å². The summed E-state index contributed by atoms with van der Waals surface area (Å²) in [6.07, 6.45) is 0.852. The lowest BCUT2D eigenvalue weighted by Gasteiger charge is -2.13. The van der Waals surface area contributed by atoms with E-state index in [2.05, 4.69) is 0 Å². The second-order valence-electron chi connectivity index (χ2n) is 3.35. The van der Waals surface area contributed by atoms with Crippen LogP contribution in [0.3, 0.4) is 0 Å². The smallest absolute Gasteiger partial charge is 0.188 e. The average Bonchev–Trinajstić information content (AvgIpc) is 2.30. The van der Waals surface area contributed by atoms with E-state index in [9.17, 15) is 4.79 Å². The first-order valence-corrected chi connectivity index (χ1v) is 7.12. The Hall–Kier alpha value is -1.08. The Morgan fingerprint density at radius 3 is 2.06 bits per heavy atom. The summed E-state index contributed by atoms with van der Waals surface area (Å²) in [5.41, 5.74) is 0.705. The third-order valence-corrected chi connectivity index (χ3v) is 3.08. The van der Waals surface area contributed by atoms with E-state index in [0.717, 1.165) is 6.16 Å². The summed E-state index contributed by atoms with van der Waals surface area (Å²) in [6.45, 7) is 6.91. The molecule has 0 aromatic heterocycles. The topological polar surface area (TPSA) is 35.5 Å². The summed E-state index contributed by atoms with van der Waals surface area (Å²) in [7, 11) is 0.269. The summed E-state index contributed by atoms with van der Waals surface area (Å²) in [6, 6.07) is 5.49. The molecule has 1 aromatic rings. The van der Waals surface area contributed by atoms with Gasteiger partial charge in [-0.25, -0.2) is 0 Å². The lowest BCUT2D eigenvalue weighted by Crippen LogP contribution is -2.04. The first-order chi connectivity index (χ1) is 8.24. The van der Waals surface area contributed by atoms with E-state index in [-0.39, 0.29) is 14.1 Å². The first-order valence-electron chi connectivity index (χ1n) is 5.91. The zero-order chi connectivity index (χ0) is 12.7. The Morgan fingerprint density at radius 1 is 1.12 bits per heavy atom. The van der Waals surface area contributed by atoms with Crippen LogP contribution in [0.5, 0.6) is 11.5 Å². The van der Waals surface area contributed by atoms with Crippen LogP contribution in [0.4, 0.5) is 0 Å². The highest BCUT2D eigenvalue weighted by molar-refractivity contribution is 7.58. The number of carbonyl (C=O) groups excluding carboxylic acids is 1. The van der Waals surface area contributed by atoms with Crippen molar-refractivity contribution < 1.29 is 14.3 Å². The molecule has 0 spiro atoms. The van der Waals surface area contributed by atoms with Crippen molar-refractivity contribution in [2.75, 3.05) is 19.4 Å². The molecular formula is C13H19O3P. The molecular weight excluding hydrogens is 235 g/mol. The number of carbonyl (C=O) groups is 1. The molecule has 0 radical (unpaired) electrons. The Kier molecular flexibility index (Phi) is 5.99. The summed E-state index contributed by atoms with van der Waals surface area (Å²) in [5, 5.41) is 0. The highest BCUT2D eigenvalue weighted by Gasteiger charge is 2.17. The molecule has 0 amide bonds. The van der Waals surface area contributed by atoms with E-state index >= 15 is 0 Å². The van der Waals surface area contributed by atoms with Gasteiger partial charge in [-0.15, -0.1) is 0 Å².